The van der Waals surface area contributed by atoms with Gasteiger partial charge in [-0.25, -0.2) is 0 Å². The molecule has 23 heavy (non-hydrogen) atoms. The molecule has 1 aliphatic heterocycles. The van der Waals surface area contributed by atoms with Crippen LogP contribution in [0, 0.1) is 0 Å². The van der Waals surface area contributed by atoms with Crippen molar-refractivity contribution in [2.75, 3.05) is 11.4 Å². The average Bonchev–Trinajstić information content (AvgIpc) is 3.12. The molecule has 0 saturated carbocycles. The fourth-order valence-electron chi connectivity index (χ4n) is 3.02. The van der Waals surface area contributed by atoms with Crippen molar-refractivity contribution in [3.05, 3.63) is 41.7 Å². The number of benzene rings is 1. The third-order valence-electron chi connectivity index (χ3n) is 4.23. The molecule has 1 N–H and O–H groups in total. The molecule has 1 unspecified atom stereocenters. The monoisotopic (exact) mass is 313 g/mol. The fourth-order valence-corrected chi connectivity index (χ4v) is 3.02. The molecule has 1 amide bonds. The number of carbonyl (C=O) groups is 2. The lowest BCUT2D eigenvalue weighted by molar-refractivity contribution is -0.137. The van der Waals surface area contributed by atoms with Crippen molar-refractivity contribution in [3.8, 4) is 11.3 Å². The predicted octanol–water partition coefficient (Wildman–Crippen LogP) is 3.43. The summed E-state index contributed by atoms with van der Waals surface area (Å²) in [6.07, 6.45) is 0.885. The standard InChI is InChI=1S/C18H19NO4/c1-11(9-18(21)22)16-5-6-17(23-16)14-3-4-15-13(10-14)7-8-19(15)12(2)20/h3-6,10-11H,7-9H2,1-2H3,(H,21,22). The van der Waals surface area contributed by atoms with E-state index in [1.807, 2.05) is 37.3 Å². The van der Waals surface area contributed by atoms with E-state index in [0.717, 1.165) is 29.0 Å². The third kappa shape index (κ3) is 2.99. The first-order valence-corrected chi connectivity index (χ1v) is 7.68. The first-order valence-electron chi connectivity index (χ1n) is 7.68. The summed E-state index contributed by atoms with van der Waals surface area (Å²) in [5.41, 5.74) is 3.05. The lowest BCUT2D eigenvalue weighted by Gasteiger charge is -2.14. The molecular formula is C18H19NO4. The topological polar surface area (TPSA) is 70.8 Å². The van der Waals surface area contributed by atoms with Crippen LogP contribution in [-0.2, 0) is 16.0 Å². The third-order valence-corrected chi connectivity index (χ3v) is 4.23. The Morgan fingerprint density at radius 3 is 2.78 bits per heavy atom. The number of hydrogen-bond donors (Lipinski definition) is 1. The fraction of sp³-hybridized carbons (Fsp3) is 0.333. The maximum atomic E-state index is 11.6. The second-order valence-corrected chi connectivity index (χ2v) is 5.97. The van der Waals surface area contributed by atoms with Gasteiger partial charge in [0.05, 0.1) is 6.42 Å². The summed E-state index contributed by atoms with van der Waals surface area (Å²) in [7, 11) is 0. The molecular weight excluding hydrogens is 294 g/mol. The first kappa shape index (κ1) is 15.3. The molecule has 3 rings (SSSR count). The highest BCUT2D eigenvalue weighted by Crippen LogP contribution is 2.34. The van der Waals surface area contributed by atoms with Gasteiger partial charge in [0, 0.05) is 30.6 Å². The molecule has 0 aliphatic carbocycles. The number of carboxylic acid groups (broad SMARTS) is 1. The van der Waals surface area contributed by atoms with Crippen molar-refractivity contribution in [1.82, 2.24) is 0 Å². The minimum absolute atomic E-state index is 0.0463. The molecule has 5 nitrogen and oxygen atoms in total. The predicted molar refractivity (Wildman–Crippen MR) is 86.5 cm³/mol. The zero-order valence-electron chi connectivity index (χ0n) is 13.2. The Kier molecular flexibility index (Phi) is 3.94. The molecule has 1 aromatic heterocycles. The molecule has 0 fully saturated rings. The number of anilines is 1. The number of amides is 1. The Labute approximate surface area is 134 Å². The number of carbonyl (C=O) groups excluding carboxylic acids is 1. The van der Waals surface area contributed by atoms with Crippen LogP contribution >= 0.6 is 0 Å². The van der Waals surface area contributed by atoms with Crippen molar-refractivity contribution < 1.29 is 19.1 Å². The summed E-state index contributed by atoms with van der Waals surface area (Å²) in [5, 5.41) is 8.87. The molecule has 120 valence electrons. The van der Waals surface area contributed by atoms with Gasteiger partial charge in [0.1, 0.15) is 11.5 Å². The van der Waals surface area contributed by atoms with E-state index >= 15 is 0 Å². The molecule has 5 heteroatoms. The maximum absolute atomic E-state index is 11.6. The number of carboxylic acids is 1. The van der Waals surface area contributed by atoms with Gasteiger partial charge in [-0.05, 0) is 42.3 Å². The Bertz CT molecular complexity index is 762. The summed E-state index contributed by atoms with van der Waals surface area (Å²) < 4.78 is 5.82. The molecule has 0 radical (unpaired) electrons. The number of aliphatic carboxylic acids is 1. The quantitative estimate of drug-likeness (QED) is 0.938. The van der Waals surface area contributed by atoms with Crippen LogP contribution in [0.5, 0.6) is 0 Å². The summed E-state index contributed by atoms with van der Waals surface area (Å²) in [6, 6.07) is 9.63. The van der Waals surface area contributed by atoms with Crippen LogP contribution in [0.3, 0.4) is 0 Å². The van der Waals surface area contributed by atoms with Gasteiger partial charge in [-0.15, -0.1) is 0 Å². The summed E-state index contributed by atoms with van der Waals surface area (Å²) >= 11 is 0. The van der Waals surface area contributed by atoms with Crippen LogP contribution in [0.1, 0.15) is 37.5 Å². The van der Waals surface area contributed by atoms with Gasteiger partial charge in [0.2, 0.25) is 5.91 Å². The number of nitrogens with zero attached hydrogens (tertiary/aromatic N) is 1. The molecule has 1 aromatic carbocycles. The Morgan fingerprint density at radius 1 is 1.30 bits per heavy atom. The second-order valence-electron chi connectivity index (χ2n) is 5.97. The van der Waals surface area contributed by atoms with Gasteiger partial charge >= 0.3 is 5.97 Å². The lowest BCUT2D eigenvalue weighted by atomic mass is 10.1. The molecule has 2 aromatic rings. The second kappa shape index (κ2) is 5.91. The Morgan fingerprint density at radius 2 is 2.09 bits per heavy atom. The molecule has 0 saturated heterocycles. The van der Waals surface area contributed by atoms with Crippen LogP contribution in [0.25, 0.3) is 11.3 Å². The van der Waals surface area contributed by atoms with Gasteiger partial charge in [-0.1, -0.05) is 6.92 Å². The minimum atomic E-state index is -0.836. The van der Waals surface area contributed by atoms with E-state index in [1.54, 1.807) is 11.8 Å². The van der Waals surface area contributed by atoms with E-state index in [0.29, 0.717) is 12.3 Å². The van der Waals surface area contributed by atoms with Crippen LogP contribution < -0.4 is 4.90 Å². The number of rotatable bonds is 4. The lowest BCUT2D eigenvalue weighted by Crippen LogP contribution is -2.25. The van der Waals surface area contributed by atoms with Gasteiger partial charge < -0.3 is 14.4 Å². The van der Waals surface area contributed by atoms with Gasteiger partial charge in [0.25, 0.3) is 0 Å². The summed E-state index contributed by atoms with van der Waals surface area (Å²) in [4.78, 5) is 24.2. The first-order chi connectivity index (χ1) is 11.0. The normalized spacial score (nSPS) is 14.6. The maximum Gasteiger partial charge on any atom is 0.304 e. The molecule has 1 atom stereocenters. The number of fused-ring (bicyclic) bond motifs is 1. The molecule has 2 heterocycles. The highest BCUT2D eigenvalue weighted by molar-refractivity contribution is 5.94. The van der Waals surface area contributed by atoms with Crippen LogP contribution in [0.15, 0.2) is 34.7 Å². The Balaban J connectivity index is 1.85. The molecule has 0 spiro atoms. The summed E-state index contributed by atoms with van der Waals surface area (Å²) in [5.74, 6) is 0.454. The van der Waals surface area contributed by atoms with Gasteiger partial charge in [-0.3, -0.25) is 9.59 Å². The highest BCUT2D eigenvalue weighted by Gasteiger charge is 2.23. The van der Waals surface area contributed by atoms with Crippen molar-refractivity contribution in [1.29, 1.82) is 0 Å². The van der Waals surface area contributed by atoms with E-state index < -0.39 is 5.97 Å². The molecule has 1 aliphatic rings. The van der Waals surface area contributed by atoms with Crippen molar-refractivity contribution in [2.45, 2.75) is 32.6 Å². The highest BCUT2D eigenvalue weighted by atomic mass is 16.4. The van der Waals surface area contributed by atoms with Crippen LogP contribution in [-0.4, -0.2) is 23.5 Å². The largest absolute Gasteiger partial charge is 0.481 e. The van der Waals surface area contributed by atoms with Gasteiger partial charge in [-0.2, -0.15) is 0 Å². The average molecular weight is 313 g/mol. The SMILES string of the molecule is CC(=O)N1CCc2cc(-c3ccc(C(C)CC(=O)O)o3)ccc21. The number of hydrogen-bond acceptors (Lipinski definition) is 3. The molecule has 0 bridgehead atoms. The zero-order chi connectivity index (χ0) is 16.6. The smallest absolute Gasteiger partial charge is 0.304 e. The van der Waals surface area contributed by atoms with E-state index in [2.05, 4.69) is 0 Å². The van der Waals surface area contributed by atoms with E-state index in [1.165, 1.54) is 0 Å². The van der Waals surface area contributed by atoms with Crippen molar-refractivity contribution in [2.24, 2.45) is 0 Å². The van der Waals surface area contributed by atoms with Crippen molar-refractivity contribution >= 4 is 17.6 Å². The Hall–Kier alpha value is -2.56. The van der Waals surface area contributed by atoms with Crippen molar-refractivity contribution in [3.63, 3.8) is 0 Å². The van der Waals surface area contributed by atoms with Crippen LogP contribution in [0.2, 0.25) is 0 Å². The minimum Gasteiger partial charge on any atom is -0.481 e. The van der Waals surface area contributed by atoms with Crippen LogP contribution in [0.4, 0.5) is 5.69 Å². The summed E-state index contributed by atoms with van der Waals surface area (Å²) in [6.45, 7) is 4.13. The van der Waals surface area contributed by atoms with E-state index in [4.69, 9.17) is 9.52 Å². The van der Waals surface area contributed by atoms with E-state index in [9.17, 15) is 9.59 Å². The van der Waals surface area contributed by atoms with E-state index in [-0.39, 0.29) is 18.2 Å². The number of furan rings is 1. The zero-order valence-corrected chi connectivity index (χ0v) is 13.2. The van der Waals surface area contributed by atoms with Gasteiger partial charge in [0.15, 0.2) is 0 Å².